The first-order valence-corrected chi connectivity index (χ1v) is 11.3. The summed E-state index contributed by atoms with van der Waals surface area (Å²) < 4.78 is 0. The molecule has 0 atom stereocenters. The van der Waals surface area contributed by atoms with E-state index in [9.17, 15) is 0 Å². The Morgan fingerprint density at radius 3 is 1.14 bits per heavy atom. The zero-order chi connectivity index (χ0) is 21.0. The SMILES string of the molecule is CNC(=S)N/N=C(/C)CCCCCCCCCCCC/C(C)=N/NC(=S)NC. The summed E-state index contributed by atoms with van der Waals surface area (Å²) in [7, 11) is 3.58. The van der Waals surface area contributed by atoms with Gasteiger partial charge in [-0.3, -0.25) is 10.9 Å². The van der Waals surface area contributed by atoms with Gasteiger partial charge < -0.3 is 10.6 Å². The molecule has 0 aromatic rings. The maximum atomic E-state index is 4.99. The molecular formula is C20H40N6S2. The lowest BCUT2D eigenvalue weighted by Crippen LogP contribution is -2.29. The molecule has 8 heteroatoms. The molecule has 0 aliphatic heterocycles. The van der Waals surface area contributed by atoms with Crippen molar-refractivity contribution >= 4 is 46.1 Å². The topological polar surface area (TPSA) is 72.8 Å². The molecule has 0 saturated heterocycles. The zero-order valence-electron chi connectivity index (χ0n) is 18.2. The van der Waals surface area contributed by atoms with Crippen molar-refractivity contribution in [1.29, 1.82) is 0 Å². The minimum atomic E-state index is 0.564. The van der Waals surface area contributed by atoms with Crippen LogP contribution in [0.3, 0.4) is 0 Å². The predicted octanol–water partition coefficient (Wildman–Crippen LogP) is 4.61. The first-order valence-electron chi connectivity index (χ1n) is 10.5. The number of rotatable bonds is 15. The summed E-state index contributed by atoms with van der Waals surface area (Å²) in [6.45, 7) is 4.10. The minimum absolute atomic E-state index is 0.564. The molecule has 0 rings (SSSR count). The van der Waals surface area contributed by atoms with Gasteiger partial charge in [-0.05, 0) is 64.0 Å². The second-order valence-electron chi connectivity index (χ2n) is 7.11. The van der Waals surface area contributed by atoms with Crippen molar-refractivity contribution in [3.05, 3.63) is 0 Å². The van der Waals surface area contributed by atoms with E-state index in [2.05, 4.69) is 31.7 Å². The zero-order valence-corrected chi connectivity index (χ0v) is 19.8. The molecular weight excluding hydrogens is 388 g/mol. The molecule has 6 nitrogen and oxygen atoms in total. The Hall–Kier alpha value is -1.28. The number of unbranched alkanes of at least 4 members (excludes halogenated alkanes) is 9. The van der Waals surface area contributed by atoms with Gasteiger partial charge in [-0.25, -0.2) is 0 Å². The van der Waals surface area contributed by atoms with Crippen molar-refractivity contribution in [3.63, 3.8) is 0 Å². The highest BCUT2D eigenvalue weighted by molar-refractivity contribution is 7.80. The molecule has 0 spiro atoms. The van der Waals surface area contributed by atoms with Crippen LogP contribution in [0.5, 0.6) is 0 Å². The molecule has 0 aromatic heterocycles. The molecule has 0 amide bonds. The Balaban J connectivity index is 3.40. The lowest BCUT2D eigenvalue weighted by molar-refractivity contribution is 0.556. The van der Waals surface area contributed by atoms with Crippen LogP contribution in [0.2, 0.25) is 0 Å². The fraction of sp³-hybridized carbons (Fsp3) is 0.800. The molecule has 0 aliphatic carbocycles. The minimum Gasteiger partial charge on any atom is -0.364 e. The summed E-state index contributed by atoms with van der Waals surface area (Å²) >= 11 is 9.99. The third kappa shape index (κ3) is 18.1. The van der Waals surface area contributed by atoms with Gasteiger partial charge in [0, 0.05) is 25.5 Å². The molecule has 0 fully saturated rings. The molecule has 0 unspecified atom stereocenters. The van der Waals surface area contributed by atoms with E-state index in [0.29, 0.717) is 10.2 Å². The van der Waals surface area contributed by atoms with Gasteiger partial charge in [0.05, 0.1) is 0 Å². The highest BCUT2D eigenvalue weighted by Gasteiger charge is 1.97. The first-order chi connectivity index (χ1) is 13.5. The maximum absolute atomic E-state index is 4.99. The van der Waals surface area contributed by atoms with Crippen LogP contribution in [0.15, 0.2) is 10.2 Å². The van der Waals surface area contributed by atoms with E-state index in [4.69, 9.17) is 24.4 Å². The molecule has 0 saturated carbocycles. The number of hydrogen-bond acceptors (Lipinski definition) is 4. The third-order valence-electron chi connectivity index (χ3n) is 4.48. The monoisotopic (exact) mass is 428 g/mol. The number of hydrogen-bond donors (Lipinski definition) is 4. The molecule has 4 N–H and O–H groups in total. The molecule has 0 bridgehead atoms. The van der Waals surface area contributed by atoms with E-state index < -0.39 is 0 Å². The molecule has 0 heterocycles. The van der Waals surface area contributed by atoms with Gasteiger partial charge in [0.25, 0.3) is 0 Å². The molecule has 0 aliphatic rings. The maximum Gasteiger partial charge on any atom is 0.186 e. The van der Waals surface area contributed by atoms with Gasteiger partial charge in [0.1, 0.15) is 0 Å². The van der Waals surface area contributed by atoms with Gasteiger partial charge in [0.2, 0.25) is 0 Å². The quantitative estimate of drug-likeness (QED) is 0.132. The van der Waals surface area contributed by atoms with Crippen molar-refractivity contribution in [2.75, 3.05) is 14.1 Å². The van der Waals surface area contributed by atoms with E-state index >= 15 is 0 Å². The molecule has 0 radical (unpaired) electrons. The van der Waals surface area contributed by atoms with Gasteiger partial charge >= 0.3 is 0 Å². The number of nitrogens with one attached hydrogen (secondary N) is 4. The summed E-state index contributed by atoms with van der Waals surface area (Å²) in [5, 5.41) is 15.3. The van der Waals surface area contributed by atoms with Crippen LogP contribution in [0.1, 0.15) is 90.9 Å². The summed E-state index contributed by atoms with van der Waals surface area (Å²) in [6, 6.07) is 0. The molecule has 28 heavy (non-hydrogen) atoms. The van der Waals surface area contributed by atoms with Gasteiger partial charge in [-0.15, -0.1) is 0 Å². The number of hydrazone groups is 2. The summed E-state index contributed by atoms with van der Waals surface area (Å²) in [4.78, 5) is 0. The van der Waals surface area contributed by atoms with Crippen LogP contribution in [0.4, 0.5) is 0 Å². The van der Waals surface area contributed by atoms with Crippen LogP contribution < -0.4 is 21.5 Å². The van der Waals surface area contributed by atoms with E-state index in [1.165, 1.54) is 64.2 Å². The lowest BCUT2D eigenvalue weighted by Gasteiger charge is -2.05. The van der Waals surface area contributed by atoms with Crippen molar-refractivity contribution < 1.29 is 0 Å². The van der Waals surface area contributed by atoms with Crippen LogP contribution in [-0.2, 0) is 0 Å². The van der Waals surface area contributed by atoms with E-state index in [1.807, 2.05) is 13.8 Å². The number of thiocarbonyl (C=S) groups is 2. The third-order valence-corrected chi connectivity index (χ3v) is 5.07. The fourth-order valence-electron chi connectivity index (χ4n) is 2.69. The highest BCUT2D eigenvalue weighted by Crippen LogP contribution is 2.12. The van der Waals surface area contributed by atoms with Gasteiger partial charge in [-0.1, -0.05) is 51.4 Å². The Bertz CT molecular complexity index is 447. The second kappa shape index (κ2) is 19.1. The van der Waals surface area contributed by atoms with Crippen LogP contribution in [0.25, 0.3) is 0 Å². The Labute approximate surface area is 182 Å². The summed E-state index contributed by atoms with van der Waals surface area (Å²) in [5.41, 5.74) is 7.88. The Kier molecular flexibility index (Phi) is 18.2. The summed E-state index contributed by atoms with van der Waals surface area (Å²) in [5.74, 6) is 0. The van der Waals surface area contributed by atoms with Crippen molar-refractivity contribution in [2.45, 2.75) is 90.9 Å². The van der Waals surface area contributed by atoms with Gasteiger partial charge in [0.15, 0.2) is 10.2 Å². The lowest BCUT2D eigenvalue weighted by atomic mass is 10.0. The van der Waals surface area contributed by atoms with E-state index in [0.717, 1.165) is 24.3 Å². The standard InChI is InChI=1S/C20H40N6S2/c1-17(23-25-19(27)21-3)15-13-11-9-7-5-6-8-10-12-14-16-18(2)24-26-20(28)22-4/h5-16H2,1-4H3,(H2,21,25,27)(H2,22,26,28)/b23-17-,24-18+. The van der Waals surface area contributed by atoms with Crippen LogP contribution in [0, 0.1) is 0 Å². The first kappa shape index (κ1) is 26.7. The smallest absolute Gasteiger partial charge is 0.186 e. The highest BCUT2D eigenvalue weighted by atomic mass is 32.1. The average molecular weight is 429 g/mol. The van der Waals surface area contributed by atoms with E-state index in [1.54, 1.807) is 14.1 Å². The van der Waals surface area contributed by atoms with Crippen LogP contribution >= 0.6 is 24.4 Å². The van der Waals surface area contributed by atoms with Crippen molar-refractivity contribution in [1.82, 2.24) is 21.5 Å². The molecule has 0 aromatic carbocycles. The normalized spacial score (nSPS) is 11.9. The average Bonchev–Trinajstić information content (AvgIpc) is 2.70. The largest absolute Gasteiger partial charge is 0.364 e. The Morgan fingerprint density at radius 2 is 0.857 bits per heavy atom. The summed E-state index contributed by atoms with van der Waals surface area (Å²) in [6.07, 6.45) is 15.1. The predicted molar refractivity (Wildman–Crippen MR) is 131 cm³/mol. The second-order valence-corrected chi connectivity index (χ2v) is 7.93. The van der Waals surface area contributed by atoms with Crippen molar-refractivity contribution in [2.24, 2.45) is 10.2 Å². The van der Waals surface area contributed by atoms with Crippen molar-refractivity contribution in [3.8, 4) is 0 Å². The van der Waals surface area contributed by atoms with E-state index in [-0.39, 0.29) is 0 Å². The Morgan fingerprint density at radius 1 is 0.571 bits per heavy atom. The number of nitrogens with zero attached hydrogens (tertiary/aromatic N) is 2. The molecule has 162 valence electrons. The fourth-order valence-corrected chi connectivity index (χ4v) is 2.78. The van der Waals surface area contributed by atoms with Gasteiger partial charge in [-0.2, -0.15) is 10.2 Å². The van der Waals surface area contributed by atoms with Crippen LogP contribution in [-0.4, -0.2) is 35.7 Å².